The van der Waals surface area contributed by atoms with E-state index in [1.165, 1.54) is 16.4 Å². The molecule has 1 amide bonds. The number of aromatic nitrogens is 2. The second kappa shape index (κ2) is 8.26. The van der Waals surface area contributed by atoms with Gasteiger partial charge in [0.05, 0.1) is 13.2 Å². The maximum Gasteiger partial charge on any atom is 0.276 e. The highest BCUT2D eigenvalue weighted by molar-refractivity contribution is 7.98. The molecule has 29 heavy (non-hydrogen) atoms. The first kappa shape index (κ1) is 19.5. The Hall–Kier alpha value is -2.84. The van der Waals surface area contributed by atoms with Crippen LogP contribution in [0.3, 0.4) is 0 Å². The van der Waals surface area contributed by atoms with Gasteiger partial charge in [-0.05, 0) is 16.3 Å². The molecule has 0 aliphatic carbocycles. The van der Waals surface area contributed by atoms with Gasteiger partial charge in [-0.3, -0.25) is 14.3 Å². The monoisotopic (exact) mass is 411 g/mol. The Kier molecular flexibility index (Phi) is 5.55. The van der Waals surface area contributed by atoms with Crippen LogP contribution >= 0.6 is 11.8 Å². The summed E-state index contributed by atoms with van der Waals surface area (Å²) in [7, 11) is 1.56. The number of nitrogens with zero attached hydrogens (tertiary/aromatic N) is 3. The molecule has 150 valence electrons. The lowest BCUT2D eigenvalue weighted by Gasteiger charge is -2.29. The fraction of sp³-hybridized carbons (Fsp3) is 0.286. The SMILES string of the molecule is COCCN1CCn2nc(SCc3ccc4ccccc4c3)c(=O)c(O)c2C1=O. The van der Waals surface area contributed by atoms with E-state index in [1.807, 2.05) is 30.3 Å². The predicted molar refractivity (Wildman–Crippen MR) is 111 cm³/mol. The number of fused-ring (bicyclic) bond motifs is 2. The van der Waals surface area contributed by atoms with Gasteiger partial charge in [-0.15, -0.1) is 0 Å². The summed E-state index contributed by atoms with van der Waals surface area (Å²) < 4.78 is 6.45. The van der Waals surface area contributed by atoms with Crippen LogP contribution in [0.4, 0.5) is 0 Å². The standard InChI is InChI=1S/C21H21N3O4S/c1-28-11-10-23-8-9-24-17(21(23)27)18(25)19(26)20(22-24)29-13-14-6-7-15-4-2-3-5-16(15)12-14/h2-7,12,25H,8-11,13H2,1H3. The highest BCUT2D eigenvalue weighted by atomic mass is 32.2. The van der Waals surface area contributed by atoms with Crippen LogP contribution in [0.1, 0.15) is 16.1 Å². The molecular weight excluding hydrogens is 390 g/mol. The third-order valence-electron chi connectivity index (χ3n) is 4.93. The van der Waals surface area contributed by atoms with E-state index in [4.69, 9.17) is 4.74 Å². The molecule has 0 bridgehead atoms. The van der Waals surface area contributed by atoms with Gasteiger partial charge in [-0.1, -0.05) is 54.2 Å². The number of hydrogen-bond acceptors (Lipinski definition) is 6. The first-order chi connectivity index (χ1) is 14.1. The Morgan fingerprint density at radius 1 is 1.14 bits per heavy atom. The van der Waals surface area contributed by atoms with Gasteiger partial charge in [0, 0.05) is 26.0 Å². The van der Waals surface area contributed by atoms with Crippen molar-refractivity contribution < 1.29 is 14.6 Å². The molecule has 1 N–H and O–H groups in total. The van der Waals surface area contributed by atoms with E-state index in [1.54, 1.807) is 12.0 Å². The van der Waals surface area contributed by atoms with Crippen LogP contribution in [0.5, 0.6) is 5.75 Å². The first-order valence-electron chi connectivity index (χ1n) is 9.31. The lowest BCUT2D eigenvalue weighted by atomic mass is 10.1. The molecule has 2 heterocycles. The summed E-state index contributed by atoms with van der Waals surface area (Å²) >= 11 is 1.26. The highest BCUT2D eigenvalue weighted by Crippen LogP contribution is 2.25. The summed E-state index contributed by atoms with van der Waals surface area (Å²) in [5.74, 6) is -0.394. The zero-order valence-corrected chi connectivity index (χ0v) is 16.8. The molecule has 0 spiro atoms. The number of carbonyl (C=O) groups is 1. The molecule has 7 nitrogen and oxygen atoms in total. The molecule has 8 heteroatoms. The van der Waals surface area contributed by atoms with Crippen molar-refractivity contribution in [2.45, 2.75) is 17.3 Å². The van der Waals surface area contributed by atoms with Crippen molar-refractivity contribution in [2.75, 3.05) is 26.8 Å². The van der Waals surface area contributed by atoms with Gasteiger partial charge in [-0.2, -0.15) is 5.10 Å². The molecule has 0 fully saturated rings. The van der Waals surface area contributed by atoms with Gasteiger partial charge in [0.25, 0.3) is 11.3 Å². The zero-order valence-electron chi connectivity index (χ0n) is 16.0. The summed E-state index contributed by atoms with van der Waals surface area (Å²) in [6, 6.07) is 14.2. The van der Waals surface area contributed by atoms with E-state index < -0.39 is 17.1 Å². The lowest BCUT2D eigenvalue weighted by molar-refractivity contribution is 0.0622. The lowest BCUT2D eigenvalue weighted by Crippen LogP contribution is -2.44. The van der Waals surface area contributed by atoms with E-state index in [9.17, 15) is 14.7 Å². The molecule has 0 saturated carbocycles. The van der Waals surface area contributed by atoms with E-state index >= 15 is 0 Å². The molecule has 0 atom stereocenters. The van der Waals surface area contributed by atoms with Crippen molar-refractivity contribution in [3.8, 4) is 5.75 Å². The highest BCUT2D eigenvalue weighted by Gasteiger charge is 2.30. The maximum atomic E-state index is 12.6. The van der Waals surface area contributed by atoms with Crippen molar-refractivity contribution in [1.29, 1.82) is 0 Å². The maximum absolute atomic E-state index is 12.6. The average Bonchev–Trinajstić information content (AvgIpc) is 2.74. The molecule has 1 aromatic heterocycles. The number of hydrogen-bond donors (Lipinski definition) is 1. The molecule has 3 aromatic rings. The van der Waals surface area contributed by atoms with Gasteiger partial charge in [-0.25, -0.2) is 0 Å². The van der Waals surface area contributed by atoms with E-state index in [0.29, 0.717) is 32.0 Å². The minimum absolute atomic E-state index is 0.0487. The number of aromatic hydroxyl groups is 1. The molecule has 1 aliphatic heterocycles. The summed E-state index contributed by atoms with van der Waals surface area (Å²) in [6.07, 6.45) is 0. The Labute approximate surface area is 171 Å². The Morgan fingerprint density at radius 2 is 1.93 bits per heavy atom. The van der Waals surface area contributed by atoms with Crippen LogP contribution in [0.25, 0.3) is 10.8 Å². The summed E-state index contributed by atoms with van der Waals surface area (Å²) in [5, 5.41) is 17.2. The van der Waals surface area contributed by atoms with Crippen molar-refractivity contribution in [3.63, 3.8) is 0 Å². The topological polar surface area (TPSA) is 84.7 Å². The Bertz CT molecular complexity index is 1130. The number of methoxy groups -OCH3 is 1. The second-order valence-electron chi connectivity index (χ2n) is 6.81. The van der Waals surface area contributed by atoms with Crippen LogP contribution in [0.15, 0.2) is 52.3 Å². The third-order valence-corrected chi connectivity index (χ3v) is 5.95. The van der Waals surface area contributed by atoms with Gasteiger partial charge in [0.2, 0.25) is 0 Å². The van der Waals surface area contributed by atoms with Crippen LogP contribution in [-0.2, 0) is 17.0 Å². The van der Waals surface area contributed by atoms with Crippen molar-refractivity contribution >= 4 is 28.4 Å². The fourth-order valence-corrected chi connectivity index (χ4v) is 4.23. The van der Waals surface area contributed by atoms with Crippen molar-refractivity contribution in [3.05, 3.63) is 63.9 Å². The smallest absolute Gasteiger partial charge is 0.276 e. The third kappa shape index (κ3) is 3.86. The van der Waals surface area contributed by atoms with Crippen molar-refractivity contribution in [1.82, 2.24) is 14.7 Å². The molecular formula is C21H21N3O4S. The van der Waals surface area contributed by atoms with Crippen LogP contribution in [0.2, 0.25) is 0 Å². The number of amides is 1. The predicted octanol–water partition coefficient (Wildman–Crippen LogP) is 2.50. The van der Waals surface area contributed by atoms with Gasteiger partial charge >= 0.3 is 0 Å². The second-order valence-corrected chi connectivity index (χ2v) is 7.77. The van der Waals surface area contributed by atoms with Gasteiger partial charge < -0.3 is 14.7 Å². The zero-order chi connectivity index (χ0) is 20.4. The van der Waals surface area contributed by atoms with Gasteiger partial charge in [0.1, 0.15) is 0 Å². The Balaban J connectivity index is 1.57. The average molecular weight is 411 g/mol. The largest absolute Gasteiger partial charge is 0.502 e. The summed E-state index contributed by atoms with van der Waals surface area (Å²) in [6.45, 7) is 1.67. The van der Waals surface area contributed by atoms with Crippen LogP contribution < -0.4 is 5.43 Å². The van der Waals surface area contributed by atoms with Crippen LogP contribution in [-0.4, -0.2) is 52.5 Å². The van der Waals surface area contributed by atoms with Crippen molar-refractivity contribution in [2.24, 2.45) is 0 Å². The molecule has 0 unspecified atom stereocenters. The molecule has 0 radical (unpaired) electrons. The Morgan fingerprint density at radius 3 is 2.72 bits per heavy atom. The number of ether oxygens (including phenoxy) is 1. The molecule has 1 aliphatic rings. The first-order valence-corrected chi connectivity index (χ1v) is 10.3. The quantitative estimate of drug-likeness (QED) is 0.628. The van der Waals surface area contributed by atoms with E-state index in [0.717, 1.165) is 16.3 Å². The summed E-state index contributed by atoms with van der Waals surface area (Å²) in [4.78, 5) is 26.8. The number of rotatable bonds is 6. The van der Waals surface area contributed by atoms with E-state index in [-0.39, 0.29) is 10.7 Å². The van der Waals surface area contributed by atoms with E-state index in [2.05, 4.69) is 17.2 Å². The number of carbonyl (C=O) groups excluding carboxylic acids is 1. The number of benzene rings is 2. The minimum atomic E-state index is -0.607. The molecule has 2 aromatic carbocycles. The molecule has 4 rings (SSSR count). The summed E-state index contributed by atoms with van der Waals surface area (Å²) in [5.41, 5.74) is 0.398. The normalized spacial score (nSPS) is 13.7. The van der Waals surface area contributed by atoms with Gasteiger partial charge in [0.15, 0.2) is 16.5 Å². The molecule has 0 saturated heterocycles. The van der Waals surface area contributed by atoms with Crippen LogP contribution in [0, 0.1) is 0 Å². The fourth-order valence-electron chi connectivity index (χ4n) is 3.37. The minimum Gasteiger partial charge on any atom is -0.502 e. The number of thioether (sulfide) groups is 1.